The van der Waals surface area contributed by atoms with Gasteiger partial charge in [-0.3, -0.25) is 10.6 Å². The maximum Gasteiger partial charge on any atom is 0.0853 e. The van der Waals surface area contributed by atoms with E-state index in [-0.39, 0.29) is 6.17 Å². The van der Waals surface area contributed by atoms with E-state index >= 15 is 0 Å². The Labute approximate surface area is 435 Å². The minimum Gasteiger partial charge on any atom is -0.312 e. The summed E-state index contributed by atoms with van der Waals surface area (Å²) >= 11 is 0. The van der Waals surface area contributed by atoms with Gasteiger partial charge in [-0.05, 0) is 136 Å². The van der Waals surface area contributed by atoms with E-state index in [1.165, 1.54) is 82.2 Å². The van der Waals surface area contributed by atoms with Crippen molar-refractivity contribution < 1.29 is 0 Å². The number of para-hydroxylation sites is 4. The van der Waals surface area contributed by atoms with Crippen molar-refractivity contribution in [3.8, 4) is 39.3 Å². The summed E-state index contributed by atoms with van der Waals surface area (Å²) in [6, 6.07) is 96.4. The Balaban J connectivity index is 0.932. The summed E-state index contributed by atoms with van der Waals surface area (Å²) in [4.78, 5) is 0. The molecule has 11 aromatic carbocycles. The second-order valence-corrected chi connectivity index (χ2v) is 19.6. The van der Waals surface area contributed by atoms with Gasteiger partial charge in [0.05, 0.1) is 45.4 Å². The average molecular weight is 965 g/mol. The molecule has 14 aromatic rings. The Morgan fingerprint density at radius 1 is 0.307 bits per heavy atom. The molecule has 4 N–H and O–H groups in total. The highest BCUT2D eigenvalue weighted by molar-refractivity contribution is 6.14. The number of rotatable bonds is 12. The summed E-state index contributed by atoms with van der Waals surface area (Å²) in [5, 5.41) is 14.9. The third kappa shape index (κ3) is 7.88. The third-order valence-corrected chi connectivity index (χ3v) is 15.1. The quantitative estimate of drug-likeness (QED) is 0.107. The minimum atomic E-state index is -0.392. The van der Waals surface area contributed by atoms with Crippen molar-refractivity contribution in [2.45, 2.75) is 18.9 Å². The lowest BCUT2D eigenvalue weighted by Gasteiger charge is -2.26. The van der Waals surface area contributed by atoms with Crippen LogP contribution in [-0.4, -0.2) is 13.7 Å². The van der Waals surface area contributed by atoms with E-state index in [9.17, 15) is 0 Å². The van der Waals surface area contributed by atoms with Crippen LogP contribution in [0.3, 0.4) is 0 Å². The van der Waals surface area contributed by atoms with Gasteiger partial charge in [-0.2, -0.15) is 0 Å². The zero-order chi connectivity index (χ0) is 49.8. The maximum absolute atomic E-state index is 6.92. The van der Waals surface area contributed by atoms with Crippen molar-refractivity contribution in [1.29, 1.82) is 0 Å². The van der Waals surface area contributed by atoms with E-state index < -0.39 is 6.17 Å². The topological polar surface area (TPSA) is 64.9 Å². The van der Waals surface area contributed by atoms with Gasteiger partial charge in [0.2, 0.25) is 0 Å². The number of nitrogens with one attached hydrogen (secondary N) is 2. The predicted molar refractivity (Wildman–Crippen MR) is 313 cm³/mol. The van der Waals surface area contributed by atoms with Crippen molar-refractivity contribution in [2.75, 3.05) is 0 Å². The molecule has 14 rings (SSSR count). The summed E-state index contributed by atoms with van der Waals surface area (Å²) in [5.41, 5.74) is 25.3. The number of hydrogen-bond acceptors (Lipinski definition) is 3. The standard InChI is InChI=1S/C69H52N6/c70-68(47-20-7-2-8-21-47)72-69(71-45-46-18-5-1-6-19-46)52-22-17-27-55(40-52)75-66-38-34-50(48-32-36-64-58(41-48)56-28-13-15-30-62(56)73(64)53-23-9-3-10-24-53)43-60(66)61-44-51(35-39-67(61)75)49-33-37-65-59(42-49)57-29-14-16-31-63(57)74(65)54-25-11-4-12-26-54/h1-44,68-69,71-72H,45,70H2. The lowest BCUT2D eigenvalue weighted by molar-refractivity contribution is 0.386. The van der Waals surface area contributed by atoms with Crippen LogP contribution < -0.4 is 16.4 Å². The zero-order valence-corrected chi connectivity index (χ0v) is 41.2. The van der Waals surface area contributed by atoms with E-state index in [1.807, 2.05) is 18.2 Å². The summed E-state index contributed by atoms with van der Waals surface area (Å²) in [6.07, 6.45) is -0.645. The van der Waals surface area contributed by atoms with Crippen LogP contribution in [0, 0.1) is 0 Å². The van der Waals surface area contributed by atoms with Crippen molar-refractivity contribution in [1.82, 2.24) is 24.3 Å². The molecule has 3 heterocycles. The van der Waals surface area contributed by atoms with Crippen LogP contribution in [0.25, 0.3) is 105 Å². The number of nitrogens with zero attached hydrogens (tertiary/aromatic N) is 3. The van der Waals surface area contributed by atoms with Gasteiger partial charge in [0.25, 0.3) is 0 Å². The summed E-state index contributed by atoms with van der Waals surface area (Å²) in [6.45, 7) is 0.669. The molecule has 0 saturated carbocycles. The summed E-state index contributed by atoms with van der Waals surface area (Å²) < 4.78 is 7.19. The van der Waals surface area contributed by atoms with Crippen LogP contribution >= 0.6 is 0 Å². The second-order valence-electron chi connectivity index (χ2n) is 19.6. The molecular weight excluding hydrogens is 913 g/mol. The maximum atomic E-state index is 6.92. The Morgan fingerprint density at radius 3 is 1.15 bits per heavy atom. The molecule has 0 aliphatic heterocycles. The van der Waals surface area contributed by atoms with Gasteiger partial charge >= 0.3 is 0 Å². The van der Waals surface area contributed by atoms with Crippen LogP contribution in [0.4, 0.5) is 0 Å². The fraction of sp³-hybridized carbons (Fsp3) is 0.0435. The van der Waals surface area contributed by atoms with Crippen molar-refractivity contribution in [3.63, 3.8) is 0 Å². The number of aromatic nitrogens is 3. The molecule has 3 aromatic heterocycles. The molecule has 0 fully saturated rings. The smallest absolute Gasteiger partial charge is 0.0853 e. The average Bonchev–Trinajstić information content (AvgIpc) is 4.13. The normalized spacial score (nSPS) is 12.7. The molecule has 0 aliphatic carbocycles. The molecule has 0 amide bonds. The van der Waals surface area contributed by atoms with E-state index in [0.717, 1.165) is 39.2 Å². The molecule has 0 bridgehead atoms. The molecule has 358 valence electrons. The SMILES string of the molecule is NC(NC(NCc1ccccc1)c1cccc(-n2c3ccc(-c4ccc5c(c4)c4ccccc4n5-c4ccccc4)cc3c3cc(-c4ccc5c(c4)c4ccccc4n5-c4ccccc4)ccc32)c1)c1ccccc1. The van der Waals surface area contributed by atoms with Gasteiger partial charge in [-0.1, -0.05) is 170 Å². The van der Waals surface area contributed by atoms with E-state index in [0.29, 0.717) is 6.54 Å². The Bertz CT molecular complexity index is 4190. The first kappa shape index (κ1) is 44.4. The molecule has 2 unspecified atom stereocenters. The number of nitrogens with two attached hydrogens (primary N) is 1. The first-order valence-electron chi connectivity index (χ1n) is 25.8. The Morgan fingerprint density at radius 2 is 0.667 bits per heavy atom. The molecule has 2 atom stereocenters. The van der Waals surface area contributed by atoms with E-state index in [4.69, 9.17) is 5.73 Å². The lowest BCUT2D eigenvalue weighted by atomic mass is 9.98. The number of hydrogen-bond donors (Lipinski definition) is 3. The van der Waals surface area contributed by atoms with Crippen LogP contribution in [0.5, 0.6) is 0 Å². The third-order valence-electron chi connectivity index (χ3n) is 15.1. The van der Waals surface area contributed by atoms with Gasteiger partial charge in [0.15, 0.2) is 0 Å². The predicted octanol–water partition coefficient (Wildman–Crippen LogP) is 16.3. The molecule has 0 spiro atoms. The largest absolute Gasteiger partial charge is 0.312 e. The van der Waals surface area contributed by atoms with Gasteiger partial charge < -0.3 is 19.4 Å². The van der Waals surface area contributed by atoms with Crippen LogP contribution in [-0.2, 0) is 6.54 Å². The molecule has 0 radical (unpaired) electrons. The fourth-order valence-electron chi connectivity index (χ4n) is 11.5. The zero-order valence-electron chi connectivity index (χ0n) is 41.2. The van der Waals surface area contributed by atoms with Crippen molar-refractivity contribution in [2.24, 2.45) is 5.73 Å². The van der Waals surface area contributed by atoms with Crippen LogP contribution in [0.15, 0.2) is 267 Å². The van der Waals surface area contributed by atoms with Gasteiger partial charge in [0, 0.05) is 55.9 Å². The van der Waals surface area contributed by atoms with E-state index in [1.54, 1.807) is 0 Å². The second kappa shape index (κ2) is 18.6. The molecule has 0 saturated heterocycles. The first-order chi connectivity index (χ1) is 37.1. The summed E-state index contributed by atoms with van der Waals surface area (Å²) in [7, 11) is 0. The molecule has 75 heavy (non-hydrogen) atoms. The van der Waals surface area contributed by atoms with Gasteiger partial charge in [0.1, 0.15) is 0 Å². The number of fused-ring (bicyclic) bond motifs is 9. The van der Waals surface area contributed by atoms with Gasteiger partial charge in [-0.25, -0.2) is 0 Å². The molecular formula is C69H52N6. The molecule has 0 aliphatic rings. The highest BCUT2D eigenvalue weighted by Gasteiger charge is 2.21. The monoisotopic (exact) mass is 964 g/mol. The Kier molecular flexibility index (Phi) is 11.0. The Hall–Kier alpha value is -9.30. The molecule has 6 heteroatoms. The number of benzene rings is 11. The fourth-order valence-corrected chi connectivity index (χ4v) is 11.5. The highest BCUT2D eigenvalue weighted by atomic mass is 15.2. The van der Waals surface area contributed by atoms with Crippen molar-refractivity contribution >= 4 is 65.4 Å². The van der Waals surface area contributed by atoms with Crippen LogP contribution in [0.2, 0.25) is 0 Å². The first-order valence-corrected chi connectivity index (χ1v) is 25.8. The van der Waals surface area contributed by atoms with Crippen molar-refractivity contribution in [3.05, 3.63) is 284 Å². The van der Waals surface area contributed by atoms with Crippen LogP contribution in [0.1, 0.15) is 29.0 Å². The van der Waals surface area contributed by atoms with Gasteiger partial charge in [-0.15, -0.1) is 0 Å². The van der Waals surface area contributed by atoms with E-state index in [2.05, 4.69) is 273 Å². The molecule has 6 nitrogen and oxygen atoms in total. The minimum absolute atomic E-state index is 0.253. The lowest BCUT2D eigenvalue weighted by Crippen LogP contribution is -2.39. The summed E-state index contributed by atoms with van der Waals surface area (Å²) in [5.74, 6) is 0. The highest BCUT2D eigenvalue weighted by Crippen LogP contribution is 2.41.